The molecule has 0 heterocycles. The van der Waals surface area contributed by atoms with Crippen LogP contribution in [0, 0.1) is 0 Å². The molecule has 62 valence electrons. The van der Waals surface area contributed by atoms with Crippen molar-refractivity contribution in [3.05, 3.63) is 0 Å². The van der Waals surface area contributed by atoms with Crippen LogP contribution >= 0.6 is 18.5 Å². The first-order chi connectivity index (χ1) is 4.81. The topological polar surface area (TPSA) is 0 Å². The molecule has 10 heavy (non-hydrogen) atoms. The van der Waals surface area contributed by atoms with Gasteiger partial charge in [0.2, 0.25) is 0 Å². The fraction of sp³-hybridized carbons (Fsp3) is 1.00. The Morgan fingerprint density at radius 1 is 1.10 bits per heavy atom. The third-order valence-electron chi connectivity index (χ3n) is 1.60. The second-order valence-corrected chi connectivity index (χ2v) is 6.00. The zero-order valence-corrected chi connectivity index (χ0v) is 8.72. The molecule has 0 fully saturated rings. The SMILES string of the molecule is CCCCCCP(Cl)CC. The molecule has 0 aliphatic rings. The standard InChI is InChI=1S/C8H18ClP/c1-3-5-6-7-8-10(9)4-2/h3-8H2,1-2H3. The highest BCUT2D eigenvalue weighted by Crippen LogP contribution is 2.41. The molecule has 0 aromatic heterocycles. The zero-order valence-electron chi connectivity index (χ0n) is 7.07. The van der Waals surface area contributed by atoms with Crippen LogP contribution < -0.4 is 0 Å². The number of rotatable bonds is 6. The minimum absolute atomic E-state index is 0.123. The average molecular weight is 181 g/mol. The molecule has 0 bridgehead atoms. The monoisotopic (exact) mass is 180 g/mol. The van der Waals surface area contributed by atoms with E-state index in [0.717, 1.165) is 0 Å². The van der Waals surface area contributed by atoms with Crippen LogP contribution in [0.2, 0.25) is 0 Å². The number of hydrogen-bond acceptors (Lipinski definition) is 0. The van der Waals surface area contributed by atoms with Gasteiger partial charge in [-0.2, -0.15) is 0 Å². The number of halogens is 1. The molecule has 0 rings (SSSR count). The lowest BCUT2D eigenvalue weighted by molar-refractivity contribution is 0.705. The van der Waals surface area contributed by atoms with Crippen LogP contribution in [-0.2, 0) is 0 Å². The summed E-state index contributed by atoms with van der Waals surface area (Å²) < 4.78 is 0. The van der Waals surface area contributed by atoms with E-state index in [0.29, 0.717) is 0 Å². The number of unbranched alkanes of at least 4 members (excludes halogenated alkanes) is 3. The fourth-order valence-corrected chi connectivity index (χ4v) is 2.11. The molecule has 0 radical (unpaired) electrons. The van der Waals surface area contributed by atoms with Gasteiger partial charge >= 0.3 is 0 Å². The molecule has 0 amide bonds. The van der Waals surface area contributed by atoms with Crippen molar-refractivity contribution in [2.75, 3.05) is 12.3 Å². The van der Waals surface area contributed by atoms with Crippen molar-refractivity contribution in [1.29, 1.82) is 0 Å². The van der Waals surface area contributed by atoms with Gasteiger partial charge in [-0.3, -0.25) is 0 Å². The first kappa shape index (κ1) is 10.7. The van der Waals surface area contributed by atoms with Crippen molar-refractivity contribution in [1.82, 2.24) is 0 Å². The number of hydrogen-bond donors (Lipinski definition) is 0. The van der Waals surface area contributed by atoms with Crippen LogP contribution in [0.5, 0.6) is 0 Å². The Labute approximate surface area is 70.9 Å². The van der Waals surface area contributed by atoms with E-state index >= 15 is 0 Å². The predicted octanol–water partition coefficient (Wildman–Crippen LogP) is 4.22. The van der Waals surface area contributed by atoms with E-state index < -0.39 is 0 Å². The smallest absolute Gasteiger partial charge is 0.0100 e. The summed E-state index contributed by atoms with van der Waals surface area (Å²) in [7, 11) is -0.123. The van der Waals surface area contributed by atoms with E-state index in [1.807, 2.05) is 0 Å². The molecule has 2 heteroatoms. The Bertz CT molecular complexity index is 66.3. The maximum atomic E-state index is 6.01. The molecule has 0 aliphatic heterocycles. The summed E-state index contributed by atoms with van der Waals surface area (Å²) in [5, 5.41) is 0. The van der Waals surface area contributed by atoms with E-state index in [2.05, 4.69) is 13.8 Å². The first-order valence-electron chi connectivity index (χ1n) is 4.22. The Morgan fingerprint density at radius 3 is 2.30 bits per heavy atom. The van der Waals surface area contributed by atoms with Crippen LogP contribution in [0.15, 0.2) is 0 Å². The second kappa shape index (κ2) is 7.82. The molecule has 0 aliphatic carbocycles. The Kier molecular flexibility index (Phi) is 8.39. The van der Waals surface area contributed by atoms with Gasteiger partial charge in [-0.1, -0.05) is 44.4 Å². The lowest BCUT2D eigenvalue weighted by atomic mass is 10.2. The molecule has 0 nitrogen and oxygen atoms in total. The van der Waals surface area contributed by atoms with E-state index in [1.54, 1.807) is 0 Å². The summed E-state index contributed by atoms with van der Waals surface area (Å²) in [5.74, 6) is 0. The molecular weight excluding hydrogens is 163 g/mol. The second-order valence-electron chi connectivity index (χ2n) is 2.56. The predicted molar refractivity (Wildman–Crippen MR) is 52.3 cm³/mol. The van der Waals surface area contributed by atoms with Crippen LogP contribution in [0.25, 0.3) is 0 Å². The Hall–Kier alpha value is 0.720. The third-order valence-corrected chi connectivity index (χ3v) is 4.31. The van der Waals surface area contributed by atoms with Gasteiger partial charge in [0, 0.05) is 0 Å². The van der Waals surface area contributed by atoms with Crippen LogP contribution in [0.3, 0.4) is 0 Å². The van der Waals surface area contributed by atoms with Gasteiger partial charge < -0.3 is 0 Å². The van der Waals surface area contributed by atoms with Gasteiger partial charge in [0.15, 0.2) is 0 Å². The van der Waals surface area contributed by atoms with Crippen molar-refractivity contribution in [2.24, 2.45) is 0 Å². The van der Waals surface area contributed by atoms with Crippen molar-refractivity contribution < 1.29 is 0 Å². The van der Waals surface area contributed by atoms with Gasteiger partial charge in [0.05, 0.1) is 0 Å². The summed E-state index contributed by atoms with van der Waals surface area (Å²) in [4.78, 5) is 0. The van der Waals surface area contributed by atoms with Crippen molar-refractivity contribution >= 4 is 18.5 Å². The largest absolute Gasteiger partial charge is 0.0964 e. The average Bonchev–Trinajstić information content (AvgIpc) is 1.98. The van der Waals surface area contributed by atoms with Gasteiger partial charge in [0.1, 0.15) is 0 Å². The molecule has 1 atom stereocenters. The Balaban J connectivity index is 2.89. The Morgan fingerprint density at radius 2 is 1.80 bits per heavy atom. The van der Waals surface area contributed by atoms with E-state index in [4.69, 9.17) is 11.2 Å². The highest BCUT2D eigenvalue weighted by atomic mass is 35.7. The lowest BCUT2D eigenvalue weighted by Crippen LogP contribution is -1.82. The minimum atomic E-state index is -0.123. The van der Waals surface area contributed by atoms with Crippen molar-refractivity contribution in [2.45, 2.75) is 39.5 Å². The van der Waals surface area contributed by atoms with Gasteiger partial charge in [-0.25, -0.2) is 0 Å². The quantitative estimate of drug-likeness (QED) is 0.424. The van der Waals surface area contributed by atoms with Gasteiger partial charge in [-0.05, 0) is 26.0 Å². The fourth-order valence-electron chi connectivity index (χ4n) is 0.868. The lowest BCUT2D eigenvalue weighted by Gasteiger charge is -2.04. The van der Waals surface area contributed by atoms with Crippen molar-refractivity contribution in [3.63, 3.8) is 0 Å². The summed E-state index contributed by atoms with van der Waals surface area (Å²) in [6.07, 6.45) is 7.88. The maximum absolute atomic E-state index is 6.01. The molecule has 0 saturated carbocycles. The van der Waals surface area contributed by atoms with E-state index in [-0.39, 0.29) is 7.27 Å². The molecule has 0 N–H and O–H groups in total. The highest BCUT2D eigenvalue weighted by Gasteiger charge is 1.98. The first-order valence-corrected chi connectivity index (χ1v) is 6.83. The summed E-state index contributed by atoms with van der Waals surface area (Å²) in [6, 6.07) is 0. The summed E-state index contributed by atoms with van der Waals surface area (Å²) >= 11 is 6.01. The molecule has 0 aromatic rings. The van der Waals surface area contributed by atoms with Crippen LogP contribution in [0.4, 0.5) is 0 Å². The van der Waals surface area contributed by atoms with E-state index in [9.17, 15) is 0 Å². The molecule has 0 spiro atoms. The van der Waals surface area contributed by atoms with E-state index in [1.165, 1.54) is 38.0 Å². The summed E-state index contributed by atoms with van der Waals surface area (Å²) in [6.45, 7) is 4.42. The molecule has 0 aromatic carbocycles. The molecule has 1 unspecified atom stereocenters. The zero-order chi connectivity index (χ0) is 7.82. The van der Waals surface area contributed by atoms with Gasteiger partial charge in [-0.15, -0.1) is 0 Å². The normalized spacial score (nSPS) is 13.5. The van der Waals surface area contributed by atoms with Crippen LogP contribution in [0.1, 0.15) is 39.5 Å². The highest BCUT2D eigenvalue weighted by molar-refractivity contribution is 7.83. The van der Waals surface area contributed by atoms with Crippen molar-refractivity contribution in [3.8, 4) is 0 Å². The van der Waals surface area contributed by atoms with Crippen LogP contribution in [-0.4, -0.2) is 12.3 Å². The maximum Gasteiger partial charge on any atom is -0.0100 e. The molecule has 0 saturated heterocycles. The summed E-state index contributed by atoms with van der Waals surface area (Å²) in [5.41, 5.74) is 0. The molecular formula is C8H18ClP. The van der Waals surface area contributed by atoms with Gasteiger partial charge in [0.25, 0.3) is 0 Å². The third kappa shape index (κ3) is 6.83. The minimum Gasteiger partial charge on any atom is -0.0964 e.